The van der Waals surface area contributed by atoms with E-state index in [0.29, 0.717) is 11.8 Å². The molecule has 0 amide bonds. The molecule has 0 aliphatic carbocycles. The van der Waals surface area contributed by atoms with Crippen molar-refractivity contribution >= 4 is 5.69 Å². The molecular formula is C16H26N2. The van der Waals surface area contributed by atoms with Crippen molar-refractivity contribution in [1.29, 1.82) is 0 Å². The quantitative estimate of drug-likeness (QED) is 0.863. The zero-order chi connectivity index (χ0) is 13.0. The molecule has 2 atom stereocenters. The molecule has 1 saturated heterocycles. The minimum Gasteiger partial charge on any atom is -0.371 e. The van der Waals surface area contributed by atoms with Crippen LogP contribution < -0.4 is 10.2 Å². The summed E-state index contributed by atoms with van der Waals surface area (Å²) in [6.45, 7) is 11.5. The summed E-state index contributed by atoms with van der Waals surface area (Å²) in [6.07, 6.45) is 1.12. The van der Waals surface area contributed by atoms with Crippen molar-refractivity contribution in [1.82, 2.24) is 5.32 Å². The van der Waals surface area contributed by atoms with Crippen molar-refractivity contribution in [2.75, 3.05) is 31.1 Å². The Bertz CT molecular complexity index is 363. The second-order valence-electron chi connectivity index (χ2n) is 5.76. The van der Waals surface area contributed by atoms with Crippen molar-refractivity contribution in [3.05, 3.63) is 29.8 Å². The summed E-state index contributed by atoms with van der Waals surface area (Å²) in [4.78, 5) is 2.59. The smallest absolute Gasteiger partial charge is 0.0398 e. The molecule has 2 unspecified atom stereocenters. The van der Waals surface area contributed by atoms with E-state index >= 15 is 0 Å². The van der Waals surface area contributed by atoms with Gasteiger partial charge in [-0.3, -0.25) is 0 Å². The molecule has 0 aromatic heterocycles. The first-order valence-electron chi connectivity index (χ1n) is 7.24. The number of hydrogen-bond acceptors (Lipinski definition) is 2. The predicted molar refractivity (Wildman–Crippen MR) is 79.2 cm³/mol. The second kappa shape index (κ2) is 6.24. The van der Waals surface area contributed by atoms with Gasteiger partial charge < -0.3 is 10.2 Å². The third-order valence-electron chi connectivity index (χ3n) is 3.76. The summed E-state index contributed by atoms with van der Waals surface area (Å²) in [6, 6.07) is 8.87. The summed E-state index contributed by atoms with van der Waals surface area (Å²) in [5, 5.41) is 3.56. The van der Waals surface area contributed by atoms with E-state index in [-0.39, 0.29) is 0 Å². The number of rotatable bonds is 2. The van der Waals surface area contributed by atoms with E-state index in [2.05, 4.69) is 55.3 Å². The molecule has 1 aliphatic rings. The van der Waals surface area contributed by atoms with Crippen molar-refractivity contribution in [2.45, 2.75) is 27.2 Å². The maximum Gasteiger partial charge on any atom is 0.0398 e. The van der Waals surface area contributed by atoms with Crippen LogP contribution in [0.5, 0.6) is 0 Å². The number of aryl methyl sites for hydroxylation is 1. The van der Waals surface area contributed by atoms with Crippen molar-refractivity contribution in [3.63, 3.8) is 0 Å². The van der Waals surface area contributed by atoms with Gasteiger partial charge in [0, 0.05) is 18.8 Å². The Morgan fingerprint density at radius 1 is 1.11 bits per heavy atom. The Morgan fingerprint density at radius 2 is 1.72 bits per heavy atom. The fraction of sp³-hybridized carbons (Fsp3) is 0.625. The van der Waals surface area contributed by atoms with Crippen LogP contribution >= 0.6 is 0 Å². The van der Waals surface area contributed by atoms with Gasteiger partial charge in [-0.2, -0.15) is 0 Å². The molecule has 100 valence electrons. The Hall–Kier alpha value is -1.02. The third-order valence-corrected chi connectivity index (χ3v) is 3.76. The van der Waals surface area contributed by atoms with Crippen molar-refractivity contribution < 1.29 is 0 Å². The summed E-state index contributed by atoms with van der Waals surface area (Å²) in [7, 11) is 0. The van der Waals surface area contributed by atoms with Gasteiger partial charge in [-0.25, -0.2) is 0 Å². The number of hydrogen-bond donors (Lipinski definition) is 1. The molecule has 1 heterocycles. The van der Waals surface area contributed by atoms with Crippen LogP contribution in [0.1, 0.15) is 26.3 Å². The highest BCUT2D eigenvalue weighted by atomic mass is 15.1. The fourth-order valence-electron chi connectivity index (χ4n) is 2.85. The van der Waals surface area contributed by atoms with Crippen LogP contribution in [0.2, 0.25) is 0 Å². The summed E-state index contributed by atoms with van der Waals surface area (Å²) >= 11 is 0. The lowest BCUT2D eigenvalue weighted by molar-refractivity contribution is 0.410. The van der Waals surface area contributed by atoms with Crippen LogP contribution in [0, 0.1) is 11.8 Å². The number of benzene rings is 1. The number of anilines is 1. The minimum absolute atomic E-state index is 0.711. The topological polar surface area (TPSA) is 15.3 Å². The zero-order valence-corrected chi connectivity index (χ0v) is 11.9. The third kappa shape index (κ3) is 3.26. The Labute approximate surface area is 111 Å². The van der Waals surface area contributed by atoms with Crippen molar-refractivity contribution in [3.8, 4) is 0 Å². The van der Waals surface area contributed by atoms with Crippen LogP contribution in [-0.2, 0) is 6.42 Å². The molecule has 1 fully saturated rings. The van der Waals surface area contributed by atoms with E-state index in [0.717, 1.165) is 32.6 Å². The lowest BCUT2D eigenvalue weighted by Gasteiger charge is -2.34. The van der Waals surface area contributed by atoms with E-state index in [9.17, 15) is 0 Å². The van der Waals surface area contributed by atoms with E-state index in [1.165, 1.54) is 11.3 Å². The van der Waals surface area contributed by atoms with Crippen LogP contribution in [0.15, 0.2) is 24.3 Å². The highest BCUT2D eigenvalue weighted by Crippen LogP contribution is 2.23. The predicted octanol–water partition coefficient (Wildman–Crippen LogP) is 2.93. The van der Waals surface area contributed by atoms with E-state index in [4.69, 9.17) is 0 Å². The summed E-state index contributed by atoms with van der Waals surface area (Å²) < 4.78 is 0. The van der Waals surface area contributed by atoms with Gasteiger partial charge in [0.05, 0.1) is 0 Å². The van der Waals surface area contributed by atoms with Crippen LogP contribution in [-0.4, -0.2) is 26.2 Å². The average Bonchev–Trinajstić information content (AvgIpc) is 2.36. The van der Waals surface area contributed by atoms with Gasteiger partial charge in [0.25, 0.3) is 0 Å². The van der Waals surface area contributed by atoms with E-state index in [1.54, 1.807) is 0 Å². The highest BCUT2D eigenvalue weighted by Gasteiger charge is 2.18. The Morgan fingerprint density at radius 3 is 2.33 bits per heavy atom. The van der Waals surface area contributed by atoms with E-state index < -0.39 is 0 Å². The van der Waals surface area contributed by atoms with Gasteiger partial charge in [0.15, 0.2) is 0 Å². The largest absolute Gasteiger partial charge is 0.371 e. The SMILES string of the molecule is CCc1ccccc1N1CC(C)CNCC(C)C1. The molecule has 1 aromatic rings. The summed E-state index contributed by atoms with van der Waals surface area (Å²) in [5.41, 5.74) is 2.92. The molecule has 0 spiro atoms. The molecule has 2 nitrogen and oxygen atoms in total. The fourth-order valence-corrected chi connectivity index (χ4v) is 2.85. The number of nitrogens with one attached hydrogen (secondary N) is 1. The maximum absolute atomic E-state index is 3.56. The summed E-state index contributed by atoms with van der Waals surface area (Å²) in [5.74, 6) is 1.42. The molecule has 1 aliphatic heterocycles. The van der Waals surface area contributed by atoms with Crippen molar-refractivity contribution in [2.24, 2.45) is 11.8 Å². The van der Waals surface area contributed by atoms with Gasteiger partial charge >= 0.3 is 0 Å². The van der Waals surface area contributed by atoms with Gasteiger partial charge in [-0.05, 0) is 43.0 Å². The van der Waals surface area contributed by atoms with Gasteiger partial charge in [0.2, 0.25) is 0 Å². The molecule has 0 radical (unpaired) electrons. The standard InChI is InChI=1S/C16H26N2/c1-4-15-7-5-6-8-16(15)18-11-13(2)9-17-10-14(3)12-18/h5-8,13-14,17H,4,9-12H2,1-3H3. The lowest BCUT2D eigenvalue weighted by Crippen LogP contribution is -2.43. The zero-order valence-electron chi connectivity index (χ0n) is 11.9. The van der Waals surface area contributed by atoms with Gasteiger partial charge in [-0.1, -0.05) is 39.0 Å². The molecule has 1 N–H and O–H groups in total. The average molecular weight is 246 g/mol. The van der Waals surface area contributed by atoms with E-state index in [1.807, 2.05) is 0 Å². The molecule has 18 heavy (non-hydrogen) atoms. The molecule has 2 heteroatoms. The molecule has 0 saturated carbocycles. The molecule has 2 rings (SSSR count). The normalized spacial score (nSPS) is 25.6. The maximum atomic E-state index is 3.56. The number of nitrogens with zero attached hydrogens (tertiary/aromatic N) is 1. The first kappa shape index (κ1) is 13.4. The Balaban J connectivity index is 2.21. The number of para-hydroxylation sites is 1. The monoisotopic (exact) mass is 246 g/mol. The van der Waals surface area contributed by atoms with Crippen LogP contribution in [0.4, 0.5) is 5.69 Å². The lowest BCUT2D eigenvalue weighted by atomic mass is 10.0. The molecule has 0 bridgehead atoms. The van der Waals surface area contributed by atoms with Gasteiger partial charge in [-0.15, -0.1) is 0 Å². The molecular weight excluding hydrogens is 220 g/mol. The minimum atomic E-state index is 0.711. The first-order valence-corrected chi connectivity index (χ1v) is 7.24. The Kier molecular flexibility index (Phi) is 4.65. The van der Waals surface area contributed by atoms with Crippen LogP contribution in [0.3, 0.4) is 0 Å². The van der Waals surface area contributed by atoms with Crippen LogP contribution in [0.25, 0.3) is 0 Å². The first-order chi connectivity index (χ1) is 8.70. The molecule has 1 aromatic carbocycles. The second-order valence-corrected chi connectivity index (χ2v) is 5.76. The van der Waals surface area contributed by atoms with Gasteiger partial charge in [0.1, 0.15) is 0 Å². The highest BCUT2D eigenvalue weighted by molar-refractivity contribution is 5.53.